The summed E-state index contributed by atoms with van der Waals surface area (Å²) in [6, 6.07) is 6.37. The van der Waals surface area contributed by atoms with Crippen LogP contribution in [0, 0.1) is 11.7 Å². The minimum atomic E-state index is -0.554. The molecule has 0 bridgehead atoms. The average molecular weight is 431 g/mol. The Bertz CT molecular complexity index is 946. The molecule has 1 amide bonds. The maximum absolute atomic E-state index is 14.0. The van der Waals surface area contributed by atoms with Crippen molar-refractivity contribution >= 4 is 23.5 Å². The molecule has 1 aromatic heterocycles. The van der Waals surface area contributed by atoms with E-state index in [1.165, 1.54) is 12.1 Å². The Morgan fingerprint density at radius 2 is 2.00 bits per heavy atom. The van der Waals surface area contributed by atoms with Crippen molar-refractivity contribution in [2.24, 2.45) is 5.92 Å². The molecule has 0 aliphatic carbocycles. The van der Waals surface area contributed by atoms with Gasteiger partial charge in [-0.2, -0.15) is 4.98 Å². The molecule has 8 nitrogen and oxygen atoms in total. The van der Waals surface area contributed by atoms with E-state index < -0.39 is 17.5 Å². The quantitative estimate of drug-likeness (QED) is 0.636. The Hall–Kier alpha value is -3.10. The lowest BCUT2D eigenvalue weighted by atomic mass is 9.96. The summed E-state index contributed by atoms with van der Waals surface area (Å²) < 4.78 is 19.4. The van der Waals surface area contributed by atoms with Crippen LogP contribution in [0.3, 0.4) is 0 Å². The van der Waals surface area contributed by atoms with Gasteiger partial charge in [-0.15, -0.1) is 0 Å². The second-order valence-electron chi connectivity index (χ2n) is 9.01. The van der Waals surface area contributed by atoms with Crippen LogP contribution < -0.4 is 21.3 Å². The van der Waals surface area contributed by atoms with Gasteiger partial charge >= 0.3 is 6.09 Å². The number of nitrogens with one attached hydrogen (secondary N) is 2. The highest BCUT2D eigenvalue weighted by Crippen LogP contribution is 2.28. The predicted molar refractivity (Wildman–Crippen MR) is 121 cm³/mol. The molecule has 1 aliphatic heterocycles. The molecule has 3 rings (SSSR count). The van der Waals surface area contributed by atoms with Crippen molar-refractivity contribution in [1.82, 2.24) is 15.3 Å². The first kappa shape index (κ1) is 22.6. The molecule has 1 fully saturated rings. The number of nitrogens with zero attached hydrogens (tertiary/aromatic N) is 3. The molecule has 2 aromatic rings. The van der Waals surface area contributed by atoms with E-state index >= 15 is 0 Å². The second-order valence-corrected chi connectivity index (χ2v) is 9.01. The van der Waals surface area contributed by atoms with Crippen LogP contribution in [-0.4, -0.2) is 47.8 Å². The van der Waals surface area contributed by atoms with Crippen molar-refractivity contribution in [1.29, 1.82) is 0 Å². The van der Waals surface area contributed by atoms with Gasteiger partial charge in [0.25, 0.3) is 0 Å². The number of carbonyl (C=O) groups is 1. The van der Waals surface area contributed by atoms with Gasteiger partial charge in [0, 0.05) is 31.8 Å². The first-order chi connectivity index (χ1) is 14.5. The fraction of sp³-hybridized carbons (Fsp3) is 0.500. The zero-order valence-corrected chi connectivity index (χ0v) is 18.7. The molecule has 1 aliphatic rings. The minimum absolute atomic E-state index is 0.0796. The molecule has 0 radical (unpaired) electrons. The van der Waals surface area contributed by atoms with E-state index in [4.69, 9.17) is 10.5 Å². The molecule has 9 heteroatoms. The molecule has 1 aromatic carbocycles. The van der Waals surface area contributed by atoms with Crippen LogP contribution in [0.25, 0.3) is 11.3 Å². The SMILES string of the molecule is CNc1nc(-c2ccc(N)c(F)c2)cc(N2C[C@H](C)C[C@@H](NC(=O)OC(C)(C)C)C2)n1. The Balaban J connectivity index is 1.84. The summed E-state index contributed by atoms with van der Waals surface area (Å²) >= 11 is 0. The molecule has 31 heavy (non-hydrogen) atoms. The number of nitrogen functional groups attached to an aromatic ring is 1. The van der Waals surface area contributed by atoms with Gasteiger partial charge in [-0.3, -0.25) is 0 Å². The average Bonchev–Trinajstić information content (AvgIpc) is 2.67. The highest BCUT2D eigenvalue weighted by molar-refractivity contribution is 5.69. The lowest BCUT2D eigenvalue weighted by Gasteiger charge is -2.37. The van der Waals surface area contributed by atoms with Crippen LogP contribution in [0.2, 0.25) is 0 Å². The molecule has 4 N–H and O–H groups in total. The van der Waals surface area contributed by atoms with E-state index in [1.54, 1.807) is 13.1 Å². The molecular weight excluding hydrogens is 399 g/mol. The molecule has 0 unspecified atom stereocenters. The third-order valence-electron chi connectivity index (χ3n) is 4.94. The normalized spacial score (nSPS) is 19.1. The van der Waals surface area contributed by atoms with Crippen molar-refractivity contribution in [3.8, 4) is 11.3 Å². The van der Waals surface area contributed by atoms with Crippen molar-refractivity contribution < 1.29 is 13.9 Å². The second kappa shape index (κ2) is 8.95. The highest BCUT2D eigenvalue weighted by atomic mass is 19.1. The number of benzene rings is 1. The Morgan fingerprint density at radius 3 is 2.65 bits per heavy atom. The largest absolute Gasteiger partial charge is 0.444 e. The van der Waals surface area contributed by atoms with Gasteiger partial charge in [0.1, 0.15) is 17.2 Å². The van der Waals surface area contributed by atoms with Gasteiger partial charge in [-0.1, -0.05) is 13.0 Å². The molecule has 0 saturated carbocycles. The monoisotopic (exact) mass is 430 g/mol. The zero-order chi connectivity index (χ0) is 22.8. The van der Waals surface area contributed by atoms with E-state index in [0.717, 1.165) is 13.0 Å². The zero-order valence-electron chi connectivity index (χ0n) is 18.7. The number of anilines is 3. The maximum atomic E-state index is 14.0. The maximum Gasteiger partial charge on any atom is 0.407 e. The fourth-order valence-corrected chi connectivity index (χ4v) is 3.66. The van der Waals surface area contributed by atoms with E-state index in [2.05, 4.69) is 32.4 Å². The van der Waals surface area contributed by atoms with Crippen LogP contribution >= 0.6 is 0 Å². The number of amides is 1. The van der Waals surface area contributed by atoms with Crippen LogP contribution in [0.15, 0.2) is 24.3 Å². The summed E-state index contributed by atoms with van der Waals surface area (Å²) in [7, 11) is 1.73. The minimum Gasteiger partial charge on any atom is -0.444 e. The molecule has 2 heterocycles. The van der Waals surface area contributed by atoms with Crippen molar-refractivity contribution in [3.05, 3.63) is 30.1 Å². The Labute approximate surface area is 182 Å². The van der Waals surface area contributed by atoms with Crippen LogP contribution in [0.1, 0.15) is 34.1 Å². The number of aromatic nitrogens is 2. The number of alkyl carbamates (subject to hydrolysis) is 1. The summed E-state index contributed by atoms with van der Waals surface area (Å²) in [6.07, 6.45) is 0.415. The Morgan fingerprint density at radius 1 is 1.26 bits per heavy atom. The number of hydrogen-bond donors (Lipinski definition) is 3. The number of halogens is 1. The predicted octanol–water partition coefficient (Wildman–Crippen LogP) is 3.65. The van der Waals surface area contributed by atoms with E-state index in [-0.39, 0.29) is 11.7 Å². The number of hydrogen-bond acceptors (Lipinski definition) is 7. The van der Waals surface area contributed by atoms with Gasteiger partial charge in [0.15, 0.2) is 0 Å². The van der Waals surface area contributed by atoms with Crippen LogP contribution in [-0.2, 0) is 4.74 Å². The van der Waals surface area contributed by atoms with Gasteiger partial charge in [0.2, 0.25) is 5.95 Å². The number of carbonyl (C=O) groups excluding carboxylic acids is 1. The van der Waals surface area contributed by atoms with Crippen molar-refractivity contribution in [2.75, 3.05) is 36.1 Å². The van der Waals surface area contributed by atoms with Crippen LogP contribution in [0.4, 0.5) is 26.6 Å². The summed E-state index contributed by atoms with van der Waals surface area (Å²) in [4.78, 5) is 23.4. The lowest BCUT2D eigenvalue weighted by Crippen LogP contribution is -2.51. The van der Waals surface area contributed by atoms with Gasteiger partial charge < -0.3 is 26.0 Å². The van der Waals surface area contributed by atoms with E-state index in [1.807, 2.05) is 26.8 Å². The Kier molecular flexibility index (Phi) is 6.52. The van der Waals surface area contributed by atoms with E-state index in [0.29, 0.717) is 35.5 Å². The summed E-state index contributed by atoms with van der Waals surface area (Å²) in [5, 5.41) is 5.93. The molecule has 168 valence electrons. The smallest absolute Gasteiger partial charge is 0.407 e. The first-order valence-corrected chi connectivity index (χ1v) is 10.4. The van der Waals surface area contributed by atoms with Crippen molar-refractivity contribution in [2.45, 2.75) is 45.8 Å². The standard InChI is InChI=1S/C22H31FN6O2/c1-13-8-15(26-21(30)31-22(2,3)4)12-29(11-13)19-10-18(27-20(25-5)28-19)14-6-7-17(24)16(23)9-14/h6-7,9-10,13,15H,8,11-12,24H2,1-5H3,(H,26,30)(H,25,27,28)/t13-,15-/m1/s1. The number of nitrogens with two attached hydrogens (primary N) is 1. The lowest BCUT2D eigenvalue weighted by molar-refractivity contribution is 0.0495. The van der Waals surface area contributed by atoms with E-state index in [9.17, 15) is 9.18 Å². The summed E-state index contributed by atoms with van der Waals surface area (Å²) in [5.74, 6) is 0.977. The third-order valence-corrected chi connectivity index (χ3v) is 4.94. The fourth-order valence-electron chi connectivity index (χ4n) is 3.66. The summed E-state index contributed by atoms with van der Waals surface area (Å²) in [5.41, 5.74) is 6.34. The van der Waals surface area contributed by atoms with Crippen LogP contribution in [0.5, 0.6) is 0 Å². The van der Waals surface area contributed by atoms with Gasteiger partial charge in [-0.05, 0) is 45.2 Å². The summed E-state index contributed by atoms with van der Waals surface area (Å²) in [6.45, 7) is 9.01. The van der Waals surface area contributed by atoms with Crippen molar-refractivity contribution in [3.63, 3.8) is 0 Å². The highest BCUT2D eigenvalue weighted by Gasteiger charge is 2.29. The molecule has 0 spiro atoms. The molecule has 1 saturated heterocycles. The molecular formula is C22H31FN6O2. The number of ether oxygens (including phenoxy) is 1. The number of piperidine rings is 1. The third kappa shape index (κ3) is 5.96. The first-order valence-electron chi connectivity index (χ1n) is 10.4. The van der Waals surface area contributed by atoms with Gasteiger partial charge in [-0.25, -0.2) is 14.2 Å². The molecule has 2 atom stereocenters. The number of rotatable bonds is 4. The topological polar surface area (TPSA) is 105 Å². The van der Waals surface area contributed by atoms with Gasteiger partial charge in [0.05, 0.1) is 17.4 Å².